The molecule has 1 aromatic rings. The summed E-state index contributed by atoms with van der Waals surface area (Å²) in [7, 11) is 0. The molecule has 19 heavy (non-hydrogen) atoms. The van der Waals surface area contributed by atoms with Crippen molar-refractivity contribution in [1.29, 1.82) is 0 Å². The molecule has 1 unspecified atom stereocenters. The highest BCUT2D eigenvalue weighted by Crippen LogP contribution is 2.13. The zero-order chi connectivity index (χ0) is 14.4. The Bertz CT molecular complexity index is 446. The van der Waals surface area contributed by atoms with Crippen LogP contribution >= 0.6 is 0 Å². The summed E-state index contributed by atoms with van der Waals surface area (Å²) in [6.45, 7) is 6.97. The standard InChI is InChI=1S/C14H22FN3O/c1-4-13(9(2)3)17-8-10-5-6-11(15)7-12(10)14(16)18-19/h5-7,9,13,17,19H,4,8H2,1-3H3,(H2,16,18). The zero-order valence-corrected chi connectivity index (χ0v) is 11.7. The lowest BCUT2D eigenvalue weighted by molar-refractivity contribution is 0.318. The van der Waals surface area contributed by atoms with Crippen LogP contribution in [0.15, 0.2) is 23.4 Å². The average molecular weight is 267 g/mol. The van der Waals surface area contributed by atoms with Gasteiger partial charge in [-0.15, -0.1) is 0 Å². The van der Waals surface area contributed by atoms with Crippen LogP contribution in [-0.4, -0.2) is 17.1 Å². The zero-order valence-electron chi connectivity index (χ0n) is 11.7. The van der Waals surface area contributed by atoms with E-state index in [0.29, 0.717) is 24.1 Å². The molecule has 1 atom stereocenters. The van der Waals surface area contributed by atoms with Crippen molar-refractivity contribution in [3.05, 3.63) is 35.1 Å². The Kier molecular flexibility index (Phi) is 5.76. The van der Waals surface area contributed by atoms with Crippen molar-refractivity contribution in [2.75, 3.05) is 0 Å². The minimum absolute atomic E-state index is 0.0751. The fourth-order valence-electron chi connectivity index (χ4n) is 2.09. The molecule has 0 aliphatic heterocycles. The largest absolute Gasteiger partial charge is 0.409 e. The van der Waals surface area contributed by atoms with Crippen LogP contribution in [-0.2, 0) is 6.54 Å². The van der Waals surface area contributed by atoms with E-state index in [2.05, 4.69) is 31.2 Å². The Morgan fingerprint density at radius 2 is 2.16 bits per heavy atom. The molecule has 0 spiro atoms. The molecular formula is C14H22FN3O. The van der Waals surface area contributed by atoms with Gasteiger partial charge in [0.05, 0.1) is 0 Å². The molecule has 4 nitrogen and oxygen atoms in total. The van der Waals surface area contributed by atoms with E-state index >= 15 is 0 Å². The van der Waals surface area contributed by atoms with Crippen molar-refractivity contribution in [1.82, 2.24) is 5.32 Å². The number of hydrogen-bond acceptors (Lipinski definition) is 3. The summed E-state index contributed by atoms with van der Waals surface area (Å²) in [5.74, 6) is 0.0351. The topological polar surface area (TPSA) is 70.6 Å². The Morgan fingerprint density at radius 1 is 1.47 bits per heavy atom. The fourth-order valence-corrected chi connectivity index (χ4v) is 2.09. The minimum Gasteiger partial charge on any atom is -0.409 e. The highest BCUT2D eigenvalue weighted by Gasteiger charge is 2.13. The third kappa shape index (κ3) is 4.21. The second kappa shape index (κ2) is 7.09. The molecule has 0 radical (unpaired) electrons. The van der Waals surface area contributed by atoms with Gasteiger partial charge in [0.25, 0.3) is 0 Å². The molecule has 0 amide bonds. The molecule has 0 heterocycles. The SMILES string of the molecule is CCC(NCc1ccc(F)cc1C(N)=NO)C(C)C. The lowest BCUT2D eigenvalue weighted by Crippen LogP contribution is -2.33. The van der Waals surface area contributed by atoms with E-state index < -0.39 is 5.82 Å². The molecule has 0 aromatic heterocycles. The van der Waals surface area contributed by atoms with Crippen LogP contribution in [0.4, 0.5) is 4.39 Å². The van der Waals surface area contributed by atoms with Crippen molar-refractivity contribution < 1.29 is 9.60 Å². The monoisotopic (exact) mass is 267 g/mol. The smallest absolute Gasteiger partial charge is 0.170 e. The summed E-state index contributed by atoms with van der Waals surface area (Å²) in [5.41, 5.74) is 6.81. The van der Waals surface area contributed by atoms with Gasteiger partial charge < -0.3 is 16.3 Å². The first kappa shape index (κ1) is 15.4. The molecular weight excluding hydrogens is 245 g/mol. The summed E-state index contributed by atoms with van der Waals surface area (Å²) in [5, 5.41) is 15.1. The van der Waals surface area contributed by atoms with E-state index in [4.69, 9.17) is 10.9 Å². The first-order valence-electron chi connectivity index (χ1n) is 6.49. The van der Waals surface area contributed by atoms with Gasteiger partial charge in [-0.2, -0.15) is 0 Å². The van der Waals surface area contributed by atoms with E-state index in [1.807, 2.05) is 0 Å². The van der Waals surface area contributed by atoms with Gasteiger partial charge in [0.2, 0.25) is 0 Å². The van der Waals surface area contributed by atoms with Crippen LogP contribution in [0.2, 0.25) is 0 Å². The Morgan fingerprint density at radius 3 is 2.68 bits per heavy atom. The van der Waals surface area contributed by atoms with Gasteiger partial charge >= 0.3 is 0 Å². The summed E-state index contributed by atoms with van der Waals surface area (Å²) in [6, 6.07) is 4.69. The predicted octanol–water partition coefficient (Wildman–Crippen LogP) is 2.44. The number of nitrogens with two attached hydrogens (primary N) is 1. The Labute approximate surface area is 113 Å². The number of nitrogens with one attached hydrogen (secondary N) is 1. The van der Waals surface area contributed by atoms with Crippen LogP contribution in [0.5, 0.6) is 0 Å². The number of halogens is 1. The number of hydrogen-bond donors (Lipinski definition) is 3. The van der Waals surface area contributed by atoms with E-state index in [9.17, 15) is 4.39 Å². The van der Waals surface area contributed by atoms with E-state index in [1.165, 1.54) is 12.1 Å². The van der Waals surface area contributed by atoms with Crippen molar-refractivity contribution in [2.24, 2.45) is 16.8 Å². The van der Waals surface area contributed by atoms with Crippen molar-refractivity contribution in [3.8, 4) is 0 Å². The molecule has 1 rings (SSSR count). The van der Waals surface area contributed by atoms with Crippen molar-refractivity contribution >= 4 is 5.84 Å². The normalized spacial score (nSPS) is 13.8. The van der Waals surface area contributed by atoms with Gasteiger partial charge in [0.1, 0.15) is 5.82 Å². The first-order chi connectivity index (χ1) is 8.99. The maximum Gasteiger partial charge on any atom is 0.170 e. The number of rotatable bonds is 6. The maximum atomic E-state index is 13.2. The van der Waals surface area contributed by atoms with Crippen LogP contribution in [0.25, 0.3) is 0 Å². The fraction of sp³-hybridized carbons (Fsp3) is 0.500. The molecule has 5 heteroatoms. The maximum absolute atomic E-state index is 13.2. The summed E-state index contributed by atoms with van der Waals surface area (Å²) >= 11 is 0. The summed E-state index contributed by atoms with van der Waals surface area (Å²) < 4.78 is 13.2. The lowest BCUT2D eigenvalue weighted by atomic mass is 10.0. The van der Waals surface area contributed by atoms with Gasteiger partial charge in [-0.05, 0) is 30.0 Å². The molecule has 0 saturated heterocycles. The van der Waals surface area contributed by atoms with Crippen LogP contribution in [0.3, 0.4) is 0 Å². The molecule has 0 aliphatic rings. The number of benzene rings is 1. The van der Waals surface area contributed by atoms with Crippen LogP contribution in [0, 0.1) is 11.7 Å². The van der Waals surface area contributed by atoms with Crippen LogP contribution < -0.4 is 11.1 Å². The number of nitrogens with zero attached hydrogens (tertiary/aromatic N) is 1. The molecule has 4 N–H and O–H groups in total. The molecule has 1 aromatic carbocycles. The second-order valence-corrected chi connectivity index (χ2v) is 4.93. The molecule has 106 valence electrons. The van der Waals surface area contributed by atoms with Crippen LogP contribution in [0.1, 0.15) is 38.3 Å². The van der Waals surface area contributed by atoms with Gasteiger partial charge in [0.15, 0.2) is 5.84 Å². The van der Waals surface area contributed by atoms with E-state index in [1.54, 1.807) is 6.07 Å². The molecule has 0 bridgehead atoms. The summed E-state index contributed by atoms with van der Waals surface area (Å²) in [6.07, 6.45) is 1.01. The molecule has 0 aliphatic carbocycles. The van der Waals surface area contributed by atoms with Gasteiger partial charge in [0, 0.05) is 18.2 Å². The van der Waals surface area contributed by atoms with Gasteiger partial charge in [-0.25, -0.2) is 4.39 Å². The van der Waals surface area contributed by atoms with Gasteiger partial charge in [-0.1, -0.05) is 32.0 Å². The third-order valence-electron chi connectivity index (χ3n) is 3.25. The minimum atomic E-state index is -0.402. The number of oxime groups is 1. The highest BCUT2D eigenvalue weighted by molar-refractivity contribution is 5.98. The Balaban J connectivity index is 2.89. The van der Waals surface area contributed by atoms with Crippen molar-refractivity contribution in [2.45, 2.75) is 39.8 Å². The third-order valence-corrected chi connectivity index (χ3v) is 3.25. The number of amidine groups is 1. The Hall–Kier alpha value is -1.62. The quantitative estimate of drug-likeness (QED) is 0.321. The van der Waals surface area contributed by atoms with Crippen molar-refractivity contribution in [3.63, 3.8) is 0 Å². The predicted molar refractivity (Wildman–Crippen MR) is 74.7 cm³/mol. The summed E-state index contributed by atoms with van der Waals surface area (Å²) in [4.78, 5) is 0. The average Bonchev–Trinajstić information content (AvgIpc) is 2.39. The molecule has 0 saturated carbocycles. The van der Waals surface area contributed by atoms with E-state index in [-0.39, 0.29) is 5.84 Å². The second-order valence-electron chi connectivity index (χ2n) is 4.93. The van der Waals surface area contributed by atoms with E-state index in [0.717, 1.165) is 12.0 Å². The first-order valence-corrected chi connectivity index (χ1v) is 6.49. The lowest BCUT2D eigenvalue weighted by Gasteiger charge is -2.21. The molecule has 0 fully saturated rings. The van der Waals surface area contributed by atoms with Gasteiger partial charge in [-0.3, -0.25) is 0 Å². The highest BCUT2D eigenvalue weighted by atomic mass is 19.1.